The first kappa shape index (κ1) is 17.9. The third kappa shape index (κ3) is 3.54. The van der Waals surface area contributed by atoms with Crippen LogP contribution in [0.5, 0.6) is 0 Å². The van der Waals surface area contributed by atoms with Crippen molar-refractivity contribution in [2.75, 3.05) is 32.8 Å². The normalized spacial score (nSPS) is 27.5. The van der Waals surface area contributed by atoms with Crippen molar-refractivity contribution in [2.24, 2.45) is 5.41 Å². The summed E-state index contributed by atoms with van der Waals surface area (Å²) < 4.78 is 18.0. The quantitative estimate of drug-likeness (QED) is 0.805. The molecule has 0 spiro atoms. The van der Waals surface area contributed by atoms with Crippen molar-refractivity contribution in [3.8, 4) is 0 Å². The second-order valence-corrected chi connectivity index (χ2v) is 8.13. The highest BCUT2D eigenvalue weighted by Gasteiger charge is 2.67. The van der Waals surface area contributed by atoms with Gasteiger partial charge in [0.15, 0.2) is 0 Å². The van der Waals surface area contributed by atoms with E-state index >= 15 is 0 Å². The van der Waals surface area contributed by atoms with Crippen LogP contribution in [-0.4, -0.2) is 48.0 Å². The van der Waals surface area contributed by atoms with E-state index in [2.05, 4.69) is 10.2 Å². The summed E-state index contributed by atoms with van der Waals surface area (Å²) >= 11 is 12.1. The minimum Gasteiger partial charge on any atom is -0.379 e. The van der Waals surface area contributed by atoms with Crippen LogP contribution in [0.2, 0.25) is 0 Å². The molecule has 1 aliphatic carbocycles. The van der Waals surface area contributed by atoms with Gasteiger partial charge in [-0.15, -0.1) is 23.2 Å². The number of alkyl halides is 2. The molecule has 2 aliphatic rings. The van der Waals surface area contributed by atoms with Crippen molar-refractivity contribution < 1.29 is 13.9 Å². The Hall–Kier alpha value is -0.880. The van der Waals surface area contributed by atoms with E-state index in [9.17, 15) is 9.18 Å². The van der Waals surface area contributed by atoms with Crippen LogP contribution < -0.4 is 5.32 Å². The summed E-state index contributed by atoms with van der Waals surface area (Å²) in [6.45, 7) is 4.87. The minimum atomic E-state index is -0.996. The van der Waals surface area contributed by atoms with Crippen LogP contribution in [0.3, 0.4) is 0 Å². The number of carbonyl (C=O) groups is 1. The number of hydrogen-bond acceptors (Lipinski definition) is 3. The summed E-state index contributed by atoms with van der Waals surface area (Å²) in [5.74, 6) is -0.450. The lowest BCUT2D eigenvalue weighted by Gasteiger charge is -2.35. The lowest BCUT2D eigenvalue weighted by molar-refractivity contribution is -0.126. The van der Waals surface area contributed by atoms with Crippen molar-refractivity contribution in [3.63, 3.8) is 0 Å². The molecule has 0 radical (unpaired) electrons. The van der Waals surface area contributed by atoms with E-state index in [4.69, 9.17) is 27.9 Å². The van der Waals surface area contributed by atoms with Crippen LogP contribution >= 0.6 is 23.2 Å². The molecule has 2 atom stereocenters. The Kier molecular flexibility index (Phi) is 5.07. The van der Waals surface area contributed by atoms with Gasteiger partial charge in [-0.3, -0.25) is 9.69 Å². The topological polar surface area (TPSA) is 41.6 Å². The highest BCUT2D eigenvalue weighted by molar-refractivity contribution is 6.53. The average Bonchev–Trinajstić information content (AvgIpc) is 3.08. The minimum absolute atomic E-state index is 0.115. The van der Waals surface area contributed by atoms with Gasteiger partial charge < -0.3 is 10.1 Å². The fourth-order valence-corrected chi connectivity index (χ4v) is 3.80. The van der Waals surface area contributed by atoms with Crippen molar-refractivity contribution in [2.45, 2.75) is 23.7 Å². The highest BCUT2D eigenvalue weighted by Crippen LogP contribution is 2.63. The Labute approximate surface area is 151 Å². The molecule has 1 N–H and O–H groups in total. The first-order chi connectivity index (χ1) is 11.3. The molecule has 1 aromatic rings. The number of nitrogens with zero attached hydrogens (tertiary/aromatic N) is 1. The number of halogens is 3. The Morgan fingerprint density at radius 2 is 2.08 bits per heavy atom. The molecule has 1 amide bonds. The van der Waals surface area contributed by atoms with Crippen LogP contribution in [0.4, 0.5) is 4.39 Å². The third-order valence-corrected chi connectivity index (χ3v) is 6.04. The highest BCUT2D eigenvalue weighted by atomic mass is 35.5. The van der Waals surface area contributed by atoms with Crippen molar-refractivity contribution in [1.82, 2.24) is 10.2 Å². The molecule has 1 aliphatic heterocycles. The second kappa shape index (κ2) is 6.79. The smallest absolute Gasteiger partial charge is 0.229 e. The molecule has 0 aromatic heterocycles. The fraction of sp³-hybridized carbons (Fsp3) is 0.588. The number of nitrogens with one attached hydrogen (secondary N) is 1. The summed E-state index contributed by atoms with van der Waals surface area (Å²) in [5.41, 5.74) is 0.0781. The van der Waals surface area contributed by atoms with Gasteiger partial charge in [-0.2, -0.15) is 0 Å². The average molecular weight is 375 g/mol. The molecule has 1 saturated carbocycles. The van der Waals surface area contributed by atoms with E-state index in [1.54, 1.807) is 13.0 Å². The van der Waals surface area contributed by atoms with Crippen molar-refractivity contribution >= 4 is 29.1 Å². The van der Waals surface area contributed by atoms with Crippen LogP contribution in [0, 0.1) is 11.2 Å². The molecular weight excluding hydrogens is 354 g/mol. The maximum Gasteiger partial charge on any atom is 0.229 e. The van der Waals surface area contributed by atoms with Crippen LogP contribution in [0.25, 0.3) is 0 Å². The van der Waals surface area contributed by atoms with Gasteiger partial charge in [0.25, 0.3) is 0 Å². The van der Waals surface area contributed by atoms with Gasteiger partial charge in [0, 0.05) is 19.6 Å². The summed E-state index contributed by atoms with van der Waals surface area (Å²) in [7, 11) is 0. The molecule has 24 heavy (non-hydrogen) atoms. The van der Waals surface area contributed by atoms with E-state index in [-0.39, 0.29) is 17.8 Å². The van der Waals surface area contributed by atoms with E-state index in [1.807, 2.05) is 6.07 Å². The van der Waals surface area contributed by atoms with Gasteiger partial charge in [0.2, 0.25) is 5.91 Å². The number of ether oxygens (including phenoxy) is 1. The van der Waals surface area contributed by atoms with Crippen LogP contribution in [0.15, 0.2) is 24.3 Å². The van der Waals surface area contributed by atoms with Crippen LogP contribution in [0.1, 0.15) is 24.9 Å². The number of hydrogen-bond donors (Lipinski definition) is 1. The van der Waals surface area contributed by atoms with Gasteiger partial charge in [0.05, 0.1) is 24.7 Å². The standard InChI is InChI=1S/C17H21Cl2FN2O2/c1-16(11-17(16,18)19)15(23)21-10-14(22-5-7-24-8-6-22)12-3-2-4-13(20)9-12/h2-4,9,14H,5-8,10-11H2,1H3,(H,21,23). The predicted molar refractivity (Wildman–Crippen MR) is 91.7 cm³/mol. The molecule has 7 heteroatoms. The zero-order chi connectivity index (χ0) is 17.4. The summed E-state index contributed by atoms with van der Waals surface area (Å²) in [5, 5.41) is 2.94. The van der Waals surface area contributed by atoms with Gasteiger partial charge in [-0.1, -0.05) is 12.1 Å². The molecule has 3 rings (SSSR count). The number of rotatable bonds is 5. The Morgan fingerprint density at radius 1 is 1.42 bits per heavy atom. The second-order valence-electron chi connectivity index (χ2n) is 6.64. The molecule has 2 fully saturated rings. The van der Waals surface area contributed by atoms with E-state index in [0.717, 1.165) is 18.7 Å². The first-order valence-electron chi connectivity index (χ1n) is 8.07. The summed E-state index contributed by atoms with van der Waals surface area (Å²) in [6.07, 6.45) is 0.442. The lowest BCUT2D eigenvalue weighted by Crippen LogP contribution is -2.45. The summed E-state index contributed by atoms with van der Waals surface area (Å²) in [4.78, 5) is 14.6. The molecule has 2 unspecified atom stereocenters. The molecule has 4 nitrogen and oxygen atoms in total. The van der Waals surface area contributed by atoms with Crippen molar-refractivity contribution in [3.05, 3.63) is 35.6 Å². The molecule has 1 saturated heterocycles. The maximum absolute atomic E-state index is 13.6. The molecule has 1 heterocycles. The van der Waals surface area contributed by atoms with E-state index in [0.29, 0.717) is 26.2 Å². The van der Waals surface area contributed by atoms with Crippen LogP contribution in [-0.2, 0) is 9.53 Å². The number of benzene rings is 1. The number of carbonyl (C=O) groups excluding carboxylic acids is 1. The molecule has 1 aromatic carbocycles. The molecule has 0 bridgehead atoms. The first-order valence-corrected chi connectivity index (χ1v) is 8.82. The number of amides is 1. The monoisotopic (exact) mass is 374 g/mol. The predicted octanol–water partition coefficient (Wildman–Crippen LogP) is 2.90. The third-order valence-electron chi connectivity index (χ3n) is 4.93. The Morgan fingerprint density at radius 3 is 2.67 bits per heavy atom. The van der Waals surface area contributed by atoms with Gasteiger partial charge >= 0.3 is 0 Å². The van der Waals surface area contributed by atoms with Crippen molar-refractivity contribution in [1.29, 1.82) is 0 Å². The lowest BCUT2D eigenvalue weighted by atomic mass is 10.0. The largest absolute Gasteiger partial charge is 0.379 e. The summed E-state index contributed by atoms with van der Waals surface area (Å²) in [6, 6.07) is 6.38. The fourth-order valence-electron chi connectivity index (χ4n) is 3.09. The Balaban J connectivity index is 1.72. The zero-order valence-corrected chi connectivity index (χ0v) is 15.0. The van der Waals surface area contributed by atoms with Gasteiger partial charge in [-0.05, 0) is 31.0 Å². The van der Waals surface area contributed by atoms with E-state index < -0.39 is 9.75 Å². The Bertz CT molecular complexity index is 622. The molecule has 132 valence electrons. The number of morpholine rings is 1. The zero-order valence-electron chi connectivity index (χ0n) is 13.5. The van der Waals surface area contributed by atoms with Gasteiger partial charge in [0.1, 0.15) is 10.2 Å². The van der Waals surface area contributed by atoms with Gasteiger partial charge in [-0.25, -0.2) is 4.39 Å². The van der Waals surface area contributed by atoms with E-state index in [1.165, 1.54) is 12.1 Å². The maximum atomic E-state index is 13.6. The molecular formula is C17H21Cl2FN2O2. The SMILES string of the molecule is CC1(C(=O)NCC(c2cccc(F)c2)N2CCOCC2)CC1(Cl)Cl.